The second kappa shape index (κ2) is 7.44. The summed E-state index contributed by atoms with van der Waals surface area (Å²) in [5.41, 5.74) is -1.60. The average molecular weight is 419 g/mol. The summed E-state index contributed by atoms with van der Waals surface area (Å²) in [6.45, 7) is 9.58. The minimum atomic E-state index is -1.16. The highest BCUT2D eigenvalue weighted by Gasteiger charge is 2.84. The number of carboxylic acids is 1. The van der Waals surface area contributed by atoms with Crippen LogP contribution in [0.1, 0.15) is 59.8 Å². The normalized spacial score (nSPS) is 46.2. The molecular formula is C25H38O5. The number of fused-ring (bicyclic) bond motifs is 2. The molecule has 168 valence electrons. The van der Waals surface area contributed by atoms with E-state index in [4.69, 9.17) is 9.47 Å². The molecule has 0 aromatic heterocycles. The molecule has 8 atom stereocenters. The molecule has 0 aliphatic heterocycles. The van der Waals surface area contributed by atoms with Gasteiger partial charge in [0.25, 0.3) is 0 Å². The fourth-order valence-corrected chi connectivity index (χ4v) is 8.40. The third-order valence-corrected chi connectivity index (χ3v) is 9.51. The minimum Gasteiger partial charge on any atom is -0.481 e. The van der Waals surface area contributed by atoms with Crippen molar-refractivity contribution in [2.24, 2.45) is 45.8 Å². The number of ether oxygens (including phenoxy) is 2. The lowest BCUT2D eigenvalue weighted by Crippen LogP contribution is -2.63. The van der Waals surface area contributed by atoms with Crippen LogP contribution in [-0.2, 0) is 19.1 Å². The second-order valence-electron chi connectivity index (χ2n) is 10.7. The Morgan fingerprint density at radius 3 is 2.67 bits per heavy atom. The number of unbranched alkanes of at least 4 members (excludes halogenated alkanes) is 1. The van der Waals surface area contributed by atoms with E-state index in [0.29, 0.717) is 31.5 Å². The molecule has 0 aromatic rings. The van der Waals surface area contributed by atoms with Gasteiger partial charge in [-0.1, -0.05) is 45.8 Å². The molecule has 0 heterocycles. The highest BCUT2D eigenvalue weighted by atomic mass is 16.5. The van der Waals surface area contributed by atoms with Gasteiger partial charge in [-0.05, 0) is 55.3 Å². The van der Waals surface area contributed by atoms with Crippen molar-refractivity contribution in [1.29, 1.82) is 0 Å². The first-order valence-electron chi connectivity index (χ1n) is 11.8. The van der Waals surface area contributed by atoms with Crippen molar-refractivity contribution in [2.45, 2.75) is 65.9 Å². The minimum absolute atomic E-state index is 0.0577. The first-order chi connectivity index (χ1) is 14.3. The zero-order chi connectivity index (χ0) is 21.9. The van der Waals surface area contributed by atoms with E-state index in [-0.39, 0.29) is 23.9 Å². The maximum absolute atomic E-state index is 13.3. The van der Waals surface area contributed by atoms with Crippen molar-refractivity contribution < 1.29 is 24.2 Å². The van der Waals surface area contributed by atoms with Gasteiger partial charge in [-0.3, -0.25) is 4.79 Å². The van der Waals surface area contributed by atoms with E-state index in [0.717, 1.165) is 37.5 Å². The summed E-state index contributed by atoms with van der Waals surface area (Å²) in [6, 6.07) is 0. The van der Waals surface area contributed by atoms with Gasteiger partial charge in [-0.25, -0.2) is 0 Å². The highest BCUT2D eigenvalue weighted by molar-refractivity contribution is 5.90. The zero-order valence-corrected chi connectivity index (χ0v) is 19.1. The molecule has 4 rings (SSSR count). The number of carbonyl (C=O) groups excluding carboxylic acids is 1. The molecule has 5 nitrogen and oxygen atoms in total. The lowest BCUT2D eigenvalue weighted by Gasteiger charge is -2.58. The molecule has 4 bridgehead atoms. The molecular weight excluding hydrogens is 380 g/mol. The largest absolute Gasteiger partial charge is 0.481 e. The summed E-state index contributed by atoms with van der Waals surface area (Å²) >= 11 is 0. The van der Waals surface area contributed by atoms with Crippen LogP contribution in [0.15, 0.2) is 11.6 Å². The van der Waals surface area contributed by atoms with Gasteiger partial charge in [0, 0.05) is 19.1 Å². The molecule has 5 heteroatoms. The van der Waals surface area contributed by atoms with E-state index in [2.05, 4.69) is 33.8 Å². The van der Waals surface area contributed by atoms with Crippen LogP contribution in [-0.4, -0.2) is 43.8 Å². The first-order valence-corrected chi connectivity index (χ1v) is 11.8. The van der Waals surface area contributed by atoms with E-state index in [9.17, 15) is 14.7 Å². The van der Waals surface area contributed by atoms with E-state index in [1.165, 1.54) is 0 Å². The topological polar surface area (TPSA) is 72.8 Å². The van der Waals surface area contributed by atoms with Crippen LogP contribution >= 0.6 is 0 Å². The SMILES string of the molecule is CCCCOCC12CC3C(C[C@@H](OC)[C@H]3C)[C@@]3(C=O)C[C@@H]1C=C(C(C)C)[C@]23C(=O)O. The second-order valence-corrected chi connectivity index (χ2v) is 10.7. The van der Waals surface area contributed by atoms with Gasteiger partial charge in [0.15, 0.2) is 0 Å². The van der Waals surface area contributed by atoms with E-state index >= 15 is 0 Å². The Kier molecular flexibility index (Phi) is 5.46. The van der Waals surface area contributed by atoms with Gasteiger partial charge in [-0.15, -0.1) is 0 Å². The zero-order valence-electron chi connectivity index (χ0n) is 19.1. The van der Waals surface area contributed by atoms with Crippen LogP contribution in [0.25, 0.3) is 0 Å². The van der Waals surface area contributed by atoms with Crippen molar-refractivity contribution >= 4 is 12.3 Å². The third-order valence-electron chi connectivity index (χ3n) is 9.51. The third kappa shape index (κ3) is 2.37. The summed E-state index contributed by atoms with van der Waals surface area (Å²) in [5, 5.41) is 10.9. The Labute approximate surface area is 180 Å². The Bertz CT molecular complexity index is 744. The van der Waals surface area contributed by atoms with Gasteiger partial charge in [-0.2, -0.15) is 0 Å². The molecule has 4 aliphatic rings. The number of hydrogen-bond donors (Lipinski definition) is 1. The molecule has 0 saturated heterocycles. The monoisotopic (exact) mass is 418 g/mol. The van der Waals surface area contributed by atoms with Crippen molar-refractivity contribution in [3.8, 4) is 0 Å². The van der Waals surface area contributed by atoms with E-state index in [1.54, 1.807) is 7.11 Å². The van der Waals surface area contributed by atoms with Gasteiger partial charge in [0.2, 0.25) is 0 Å². The molecule has 3 fully saturated rings. The molecule has 30 heavy (non-hydrogen) atoms. The first kappa shape index (κ1) is 22.0. The predicted molar refractivity (Wildman–Crippen MR) is 114 cm³/mol. The Morgan fingerprint density at radius 1 is 1.37 bits per heavy atom. The van der Waals surface area contributed by atoms with Crippen molar-refractivity contribution in [3.63, 3.8) is 0 Å². The number of methoxy groups -OCH3 is 1. The number of carbonyl (C=O) groups is 2. The fourth-order valence-electron chi connectivity index (χ4n) is 8.40. The van der Waals surface area contributed by atoms with E-state index < -0.39 is 22.2 Å². The van der Waals surface area contributed by atoms with Crippen molar-refractivity contribution in [3.05, 3.63) is 11.6 Å². The van der Waals surface area contributed by atoms with Crippen molar-refractivity contribution in [2.75, 3.05) is 20.3 Å². The van der Waals surface area contributed by atoms with Gasteiger partial charge in [0.05, 0.1) is 18.1 Å². The number of aliphatic carboxylic acids is 1. The molecule has 0 spiro atoms. The summed E-state index contributed by atoms with van der Waals surface area (Å²) in [6.07, 6.45) is 7.61. The molecule has 4 aliphatic carbocycles. The molecule has 0 amide bonds. The van der Waals surface area contributed by atoms with Crippen LogP contribution in [0.2, 0.25) is 0 Å². The molecule has 1 N–H and O–H groups in total. The maximum atomic E-state index is 13.3. The summed E-state index contributed by atoms with van der Waals surface area (Å²) in [4.78, 5) is 26.3. The predicted octanol–water partition coefficient (Wildman–Crippen LogP) is 4.35. The Hall–Kier alpha value is -1.20. The standard InChI is InChI=1S/C25H38O5/c1-6-7-8-30-14-24-12-18-16(4)21(29-5)10-20(18)23(13-26)11-17(24)9-19(15(2)3)25(23,24)22(27)28/h9,13,15-18,20-21H,6-8,10-12,14H2,1-5H3,(H,27,28)/t16-,17-,18?,20?,21+,23-,24?,25+/m0/s1. The number of carboxylic acid groups (broad SMARTS) is 1. The van der Waals surface area contributed by atoms with E-state index in [1.807, 2.05) is 0 Å². The van der Waals surface area contributed by atoms with Gasteiger partial charge in [0.1, 0.15) is 11.7 Å². The van der Waals surface area contributed by atoms with Crippen LogP contribution in [0.4, 0.5) is 0 Å². The lowest BCUT2D eigenvalue weighted by molar-refractivity contribution is -0.186. The number of allylic oxidation sites excluding steroid dienone is 1. The van der Waals surface area contributed by atoms with Crippen LogP contribution in [0.5, 0.6) is 0 Å². The summed E-state index contributed by atoms with van der Waals surface area (Å²) < 4.78 is 12.0. The molecule has 3 saturated carbocycles. The van der Waals surface area contributed by atoms with Gasteiger partial charge < -0.3 is 19.4 Å². The van der Waals surface area contributed by atoms with Crippen LogP contribution < -0.4 is 0 Å². The summed E-state index contributed by atoms with van der Waals surface area (Å²) in [7, 11) is 1.74. The smallest absolute Gasteiger partial charge is 0.315 e. The van der Waals surface area contributed by atoms with Crippen molar-refractivity contribution in [1.82, 2.24) is 0 Å². The van der Waals surface area contributed by atoms with Crippen LogP contribution in [0.3, 0.4) is 0 Å². The van der Waals surface area contributed by atoms with Gasteiger partial charge >= 0.3 is 5.97 Å². The molecule has 0 radical (unpaired) electrons. The Balaban J connectivity index is 1.88. The molecule has 3 unspecified atom stereocenters. The Morgan fingerprint density at radius 2 is 2.10 bits per heavy atom. The number of hydrogen-bond acceptors (Lipinski definition) is 4. The number of aldehydes is 1. The maximum Gasteiger partial charge on any atom is 0.315 e. The summed E-state index contributed by atoms with van der Waals surface area (Å²) in [5.74, 6) is 0.0432. The average Bonchev–Trinajstić information content (AvgIpc) is 3.25. The lowest BCUT2D eigenvalue weighted by atomic mass is 9.43. The quantitative estimate of drug-likeness (QED) is 0.342. The number of rotatable bonds is 9. The fraction of sp³-hybridized carbons (Fsp3) is 0.840. The highest BCUT2D eigenvalue weighted by Crippen LogP contribution is 2.82. The van der Waals surface area contributed by atoms with Crippen LogP contribution in [0, 0.1) is 45.8 Å². The molecule has 0 aromatic carbocycles.